The summed E-state index contributed by atoms with van der Waals surface area (Å²) in [5.74, 6) is 0. The zero-order valence-corrected chi connectivity index (χ0v) is 7.78. The van der Waals surface area contributed by atoms with Gasteiger partial charge in [-0.05, 0) is 17.2 Å². The maximum Gasteiger partial charge on any atom is 0.256 e. The zero-order chi connectivity index (χ0) is 8.59. The van der Waals surface area contributed by atoms with Crippen molar-refractivity contribution in [3.63, 3.8) is 0 Å². The second-order valence-corrected chi connectivity index (χ2v) is 2.95. The summed E-state index contributed by atoms with van der Waals surface area (Å²) in [5.41, 5.74) is 1.12. The third-order valence-corrected chi connectivity index (χ3v) is 2.01. The minimum absolute atomic E-state index is 0.380. The Hall–Kier alpha value is -0.350. The average Bonchev–Trinajstić information content (AvgIpc) is 2.07. The van der Waals surface area contributed by atoms with Gasteiger partial charge in [-0.15, -0.1) is 12.6 Å². The molecule has 1 aromatic rings. The van der Waals surface area contributed by atoms with E-state index in [-0.39, 0.29) is 0 Å². The topological polar surface area (TPSA) is 34.9 Å². The summed E-state index contributed by atoms with van der Waals surface area (Å²) in [7, 11) is 3.50. The number of aromatic nitrogens is 2. The Morgan fingerprint density at radius 3 is 2.45 bits per heavy atom. The Morgan fingerprint density at radius 2 is 2.27 bits per heavy atom. The predicted octanol–water partition coefficient (Wildman–Crippen LogP) is -1.79. The zero-order valence-electron chi connectivity index (χ0n) is 6.13. The Balaban J connectivity index is 3.34. The number of nitrogens with zero attached hydrogens (tertiary/aromatic N) is 2. The summed E-state index contributed by atoms with van der Waals surface area (Å²) in [6.07, 6.45) is 0. The minimum Gasteiger partial charge on any atom is -0.331 e. The molecule has 0 amide bonds. The maximum absolute atomic E-state index is 10.8. The minimum atomic E-state index is -0.513. The molecule has 7 heteroatoms. The molecule has 0 unspecified atom stereocenters. The van der Waals surface area contributed by atoms with Crippen molar-refractivity contribution in [1.29, 1.82) is 0 Å². The predicted molar refractivity (Wildman–Crippen MR) is 51.8 cm³/mol. The number of rotatable bonds is 1. The van der Waals surface area contributed by atoms with Crippen LogP contribution in [0.15, 0.2) is 5.03 Å². The van der Waals surface area contributed by atoms with Crippen LogP contribution in [0.2, 0.25) is 0 Å². The van der Waals surface area contributed by atoms with Crippen LogP contribution in [0.5, 0.6) is 0 Å². The van der Waals surface area contributed by atoms with Crippen LogP contribution < -0.4 is 5.59 Å². The molecule has 0 fully saturated rings. The highest BCUT2D eigenvalue weighted by atomic mass is 35.5. The van der Waals surface area contributed by atoms with Crippen LogP contribution in [0.4, 0.5) is 0 Å². The van der Waals surface area contributed by atoms with Crippen molar-refractivity contribution in [2.45, 2.75) is 5.03 Å². The van der Waals surface area contributed by atoms with Crippen molar-refractivity contribution in [2.75, 3.05) is 0 Å². The summed E-state index contributed by atoms with van der Waals surface area (Å²) in [5, 5.41) is 3.77. The molecule has 0 saturated heterocycles. The molecule has 1 rings (SSSR count). The molecule has 1 heterocycles. The van der Waals surface area contributed by atoms with Crippen LogP contribution in [0.3, 0.4) is 0 Å². The van der Waals surface area contributed by atoms with E-state index < -0.39 is 5.24 Å². The average molecular weight is 186 g/mol. The fourth-order valence-electron chi connectivity index (χ4n) is 0.821. The summed E-state index contributed by atoms with van der Waals surface area (Å²) in [4.78, 5) is 10.8. The molecular formula is C4H5B2ClN2OS. The van der Waals surface area contributed by atoms with E-state index in [9.17, 15) is 4.79 Å². The Kier molecular flexibility index (Phi) is 2.34. The van der Waals surface area contributed by atoms with E-state index in [0.717, 1.165) is 5.59 Å². The molecule has 0 radical (unpaired) electrons. The summed E-state index contributed by atoms with van der Waals surface area (Å²) in [6.45, 7) is 0. The Bertz CT molecular complexity index is 313. The quantitative estimate of drug-likeness (QED) is 0.319. The van der Waals surface area contributed by atoms with Gasteiger partial charge in [0.1, 0.15) is 5.03 Å². The highest BCUT2D eigenvalue weighted by Gasteiger charge is 2.14. The van der Waals surface area contributed by atoms with E-state index in [0.29, 0.717) is 10.6 Å². The molecule has 0 bridgehead atoms. The second kappa shape index (κ2) is 2.95. The molecule has 1 aromatic heterocycles. The molecule has 0 saturated carbocycles. The van der Waals surface area contributed by atoms with Crippen molar-refractivity contribution in [1.82, 2.24) is 9.69 Å². The number of carbonyl (C=O) groups is 1. The standard InChI is InChI=1S/C4H5B2ClN2OS/c5-2-1(3(7)10)4(11)8-9(2)6/h5-6H2,(H,8,11). The highest BCUT2D eigenvalue weighted by molar-refractivity contribution is 7.80. The third-order valence-electron chi connectivity index (χ3n) is 1.51. The van der Waals surface area contributed by atoms with E-state index >= 15 is 0 Å². The fraction of sp³-hybridized carbons (Fsp3) is 0. The van der Waals surface area contributed by atoms with Gasteiger partial charge in [0.05, 0.1) is 5.56 Å². The van der Waals surface area contributed by atoms with Gasteiger partial charge in [-0.25, -0.2) is 0 Å². The van der Waals surface area contributed by atoms with E-state index in [4.69, 9.17) is 11.6 Å². The second-order valence-electron chi connectivity index (χ2n) is 2.18. The SMILES string of the molecule is Bc1c(C(=O)Cl)c(S)nn1B. The molecule has 0 aliphatic heterocycles. The monoisotopic (exact) mass is 186 g/mol. The number of halogens is 1. The number of hydrogen-bond donors (Lipinski definition) is 1. The summed E-state index contributed by atoms with van der Waals surface area (Å²) >= 11 is 9.28. The first-order valence-electron chi connectivity index (χ1n) is 2.96. The van der Waals surface area contributed by atoms with Gasteiger partial charge in [0.25, 0.3) is 5.24 Å². The van der Waals surface area contributed by atoms with Gasteiger partial charge < -0.3 is 4.59 Å². The third kappa shape index (κ3) is 1.46. The summed E-state index contributed by atoms with van der Waals surface area (Å²) < 4.78 is 1.57. The Morgan fingerprint density at radius 1 is 1.73 bits per heavy atom. The van der Waals surface area contributed by atoms with Gasteiger partial charge >= 0.3 is 0 Å². The molecule has 3 nitrogen and oxygen atoms in total. The highest BCUT2D eigenvalue weighted by Crippen LogP contribution is 2.09. The molecule has 0 aliphatic carbocycles. The molecular weight excluding hydrogens is 181 g/mol. The smallest absolute Gasteiger partial charge is 0.256 e. The van der Waals surface area contributed by atoms with E-state index in [2.05, 4.69) is 17.7 Å². The van der Waals surface area contributed by atoms with Gasteiger partial charge in [0.2, 0.25) is 7.98 Å². The number of thiol groups is 1. The maximum atomic E-state index is 10.8. The number of carbonyl (C=O) groups excluding carboxylic acids is 1. The van der Waals surface area contributed by atoms with Gasteiger partial charge in [-0.3, -0.25) is 4.79 Å². The van der Waals surface area contributed by atoms with Crippen molar-refractivity contribution in [3.05, 3.63) is 5.56 Å². The van der Waals surface area contributed by atoms with Crippen molar-refractivity contribution < 1.29 is 4.79 Å². The Labute approximate surface area is 76.3 Å². The lowest BCUT2D eigenvalue weighted by atomic mass is 9.99. The van der Waals surface area contributed by atoms with Crippen LogP contribution >= 0.6 is 24.2 Å². The molecule has 56 valence electrons. The van der Waals surface area contributed by atoms with Crippen LogP contribution in [-0.2, 0) is 0 Å². The van der Waals surface area contributed by atoms with E-state index in [1.165, 1.54) is 0 Å². The van der Waals surface area contributed by atoms with Crippen LogP contribution in [0.1, 0.15) is 10.4 Å². The number of hydrogen-bond acceptors (Lipinski definition) is 3. The molecule has 0 spiro atoms. The van der Waals surface area contributed by atoms with Crippen LogP contribution in [0, 0.1) is 0 Å². The van der Waals surface area contributed by atoms with Gasteiger partial charge in [-0.2, -0.15) is 5.10 Å². The van der Waals surface area contributed by atoms with Crippen LogP contribution in [-0.4, -0.2) is 30.8 Å². The van der Waals surface area contributed by atoms with Crippen molar-refractivity contribution in [3.8, 4) is 0 Å². The van der Waals surface area contributed by atoms with Gasteiger partial charge in [0.15, 0.2) is 7.85 Å². The van der Waals surface area contributed by atoms with Crippen LogP contribution in [0.25, 0.3) is 0 Å². The molecule has 0 aliphatic rings. The molecule has 0 atom stereocenters. The first-order valence-corrected chi connectivity index (χ1v) is 3.79. The van der Waals surface area contributed by atoms with Gasteiger partial charge in [-0.1, -0.05) is 0 Å². The lowest BCUT2D eigenvalue weighted by Gasteiger charge is -1.93. The van der Waals surface area contributed by atoms with Gasteiger partial charge in [0, 0.05) is 0 Å². The van der Waals surface area contributed by atoms with E-state index in [1.54, 1.807) is 20.4 Å². The first-order chi connectivity index (χ1) is 5.04. The lowest BCUT2D eigenvalue weighted by Crippen LogP contribution is -2.20. The fourth-order valence-corrected chi connectivity index (χ4v) is 1.51. The lowest BCUT2D eigenvalue weighted by molar-refractivity contribution is 0.108. The molecule has 0 N–H and O–H groups in total. The first kappa shape index (κ1) is 8.74. The van der Waals surface area contributed by atoms with Crippen molar-refractivity contribution in [2.24, 2.45) is 0 Å². The molecule has 11 heavy (non-hydrogen) atoms. The van der Waals surface area contributed by atoms with E-state index in [1.807, 2.05) is 0 Å². The van der Waals surface area contributed by atoms with Crippen molar-refractivity contribution >= 4 is 50.9 Å². The molecule has 0 aromatic carbocycles. The largest absolute Gasteiger partial charge is 0.331 e. The summed E-state index contributed by atoms with van der Waals surface area (Å²) in [6, 6.07) is 0. The normalized spacial score (nSPS) is 10.0.